The molecule has 5 heavy (non-hydrogen) atoms. The van der Waals surface area contributed by atoms with Crippen LogP contribution in [0.25, 0.3) is 0 Å². The van der Waals surface area contributed by atoms with Gasteiger partial charge in [0.1, 0.15) is 0 Å². The molecule has 0 amide bonds. The minimum atomic E-state index is 0.898. The van der Waals surface area contributed by atoms with Gasteiger partial charge in [-0.05, 0) is 12.8 Å². The topological polar surface area (TPSA) is 21.9 Å². The predicted molar refractivity (Wildman–Crippen MR) is 19.4 cm³/mol. The predicted octanol–water partition coefficient (Wildman–Crippen LogP) is 0.284. The van der Waals surface area contributed by atoms with E-state index in [1.54, 1.807) is 6.04 Å². The monoisotopic (exact) mass is 68.1 g/mol. The lowest BCUT2D eigenvalue weighted by Gasteiger charge is -2.00. The SMILES string of the molecule is C1CC2N[C]12. The molecule has 1 aliphatic heterocycles. The molecule has 1 saturated heterocycles. The Balaban J connectivity index is 2.19. The third-order valence-electron chi connectivity index (χ3n) is 1.40. The van der Waals surface area contributed by atoms with Gasteiger partial charge in [0, 0.05) is 6.04 Å². The molecule has 1 nitrogen and oxygen atoms in total. The Morgan fingerprint density at radius 1 is 1.80 bits per heavy atom. The Morgan fingerprint density at radius 3 is 2.60 bits per heavy atom. The van der Waals surface area contributed by atoms with E-state index in [1.165, 1.54) is 12.8 Å². The molecule has 2 rings (SSSR count). The highest BCUT2D eigenvalue weighted by molar-refractivity contribution is 5.24. The lowest BCUT2D eigenvalue weighted by atomic mass is 10.0. The van der Waals surface area contributed by atoms with Crippen LogP contribution in [0.15, 0.2) is 0 Å². The van der Waals surface area contributed by atoms with E-state index >= 15 is 0 Å². The molecule has 0 bridgehead atoms. The highest BCUT2D eigenvalue weighted by Crippen LogP contribution is 2.39. The number of fused-ring (bicyclic) bond motifs is 1. The Bertz CT molecular complexity index is 48.7. The van der Waals surface area contributed by atoms with Gasteiger partial charge in [0.25, 0.3) is 0 Å². The summed E-state index contributed by atoms with van der Waals surface area (Å²) in [4.78, 5) is 0. The zero-order valence-corrected chi connectivity index (χ0v) is 2.99. The molecule has 0 aromatic rings. The first kappa shape index (κ1) is 2.19. The molecule has 0 spiro atoms. The average Bonchev–Trinajstić information content (AvgIpc) is 1.74. The van der Waals surface area contributed by atoms with Crippen molar-refractivity contribution in [1.29, 1.82) is 0 Å². The second kappa shape index (κ2) is 0.432. The van der Waals surface area contributed by atoms with Crippen molar-refractivity contribution in [2.45, 2.75) is 18.9 Å². The molecular weight excluding hydrogens is 62.1 g/mol. The fourth-order valence-corrected chi connectivity index (χ4v) is 0.759. The lowest BCUT2D eigenvalue weighted by Crippen LogP contribution is -1.97. The Morgan fingerprint density at radius 2 is 2.60 bits per heavy atom. The largest absolute Gasteiger partial charge is 0.303 e. The molecule has 1 saturated carbocycles. The summed E-state index contributed by atoms with van der Waals surface area (Å²) in [6.07, 6.45) is 2.78. The standard InChI is InChI=1S/C4H6N/c1-2-4-3(1)5-4/h3,5H,1-2H2. The van der Waals surface area contributed by atoms with Gasteiger partial charge in [-0.3, -0.25) is 0 Å². The van der Waals surface area contributed by atoms with Gasteiger partial charge in [0.2, 0.25) is 0 Å². The minimum Gasteiger partial charge on any atom is -0.303 e. The van der Waals surface area contributed by atoms with Gasteiger partial charge in [-0.25, -0.2) is 0 Å². The van der Waals surface area contributed by atoms with Crippen LogP contribution in [0.1, 0.15) is 12.8 Å². The summed E-state index contributed by atoms with van der Waals surface area (Å²) < 4.78 is 0. The summed E-state index contributed by atoms with van der Waals surface area (Å²) in [5.41, 5.74) is 0. The molecule has 1 atom stereocenters. The molecular formula is C4H6N. The van der Waals surface area contributed by atoms with Crippen LogP contribution in [0.4, 0.5) is 0 Å². The highest BCUT2D eigenvalue weighted by atomic mass is 15.2. The van der Waals surface area contributed by atoms with Crippen LogP contribution >= 0.6 is 0 Å². The quantitative estimate of drug-likeness (QED) is 0.405. The summed E-state index contributed by atoms with van der Waals surface area (Å²) in [5.74, 6) is 0. The van der Waals surface area contributed by atoms with Gasteiger partial charge in [-0.2, -0.15) is 0 Å². The Kier molecular flexibility index (Phi) is 0.189. The van der Waals surface area contributed by atoms with Gasteiger partial charge in [-0.15, -0.1) is 0 Å². The highest BCUT2D eigenvalue weighted by Gasteiger charge is 2.45. The van der Waals surface area contributed by atoms with E-state index in [2.05, 4.69) is 5.32 Å². The smallest absolute Gasteiger partial charge is 0.0538 e. The van der Waals surface area contributed by atoms with Crippen molar-refractivity contribution in [3.05, 3.63) is 6.04 Å². The Hall–Kier alpha value is -0.0400. The van der Waals surface area contributed by atoms with Crippen molar-refractivity contribution in [2.24, 2.45) is 0 Å². The number of hydrogen-bond donors (Lipinski definition) is 1. The maximum absolute atomic E-state index is 3.22. The molecule has 27 valence electrons. The number of hydrogen-bond acceptors (Lipinski definition) is 1. The third kappa shape index (κ3) is 0.127. The molecule has 1 N–H and O–H groups in total. The minimum absolute atomic E-state index is 0.898. The van der Waals surface area contributed by atoms with E-state index in [4.69, 9.17) is 0 Å². The molecule has 2 aliphatic rings. The van der Waals surface area contributed by atoms with E-state index in [9.17, 15) is 0 Å². The van der Waals surface area contributed by atoms with Crippen molar-refractivity contribution in [1.82, 2.24) is 5.32 Å². The van der Waals surface area contributed by atoms with Crippen molar-refractivity contribution in [3.63, 3.8) is 0 Å². The summed E-state index contributed by atoms with van der Waals surface area (Å²) in [6, 6.07) is 2.50. The van der Waals surface area contributed by atoms with Gasteiger partial charge in [0.05, 0.1) is 6.04 Å². The maximum atomic E-state index is 3.22. The Labute approximate surface area is 31.4 Å². The van der Waals surface area contributed by atoms with Crippen LogP contribution in [-0.2, 0) is 0 Å². The van der Waals surface area contributed by atoms with E-state index in [-0.39, 0.29) is 0 Å². The normalized spacial score (nSPS) is 46.8. The van der Waals surface area contributed by atoms with Crippen molar-refractivity contribution >= 4 is 0 Å². The zero-order valence-electron chi connectivity index (χ0n) is 2.99. The third-order valence-corrected chi connectivity index (χ3v) is 1.40. The van der Waals surface area contributed by atoms with Crippen molar-refractivity contribution < 1.29 is 0 Å². The lowest BCUT2D eigenvalue weighted by molar-refractivity contribution is 0.701. The van der Waals surface area contributed by atoms with Gasteiger partial charge < -0.3 is 5.32 Å². The summed E-state index contributed by atoms with van der Waals surface area (Å²) in [5, 5.41) is 3.22. The maximum Gasteiger partial charge on any atom is 0.0538 e. The van der Waals surface area contributed by atoms with Crippen LogP contribution in [0, 0.1) is 6.04 Å². The average molecular weight is 68.1 g/mol. The second-order valence-corrected chi connectivity index (χ2v) is 1.76. The molecule has 1 heteroatoms. The zero-order chi connectivity index (χ0) is 3.28. The molecule has 1 heterocycles. The fourth-order valence-electron chi connectivity index (χ4n) is 0.759. The van der Waals surface area contributed by atoms with Gasteiger partial charge >= 0.3 is 0 Å². The van der Waals surface area contributed by atoms with Crippen LogP contribution in [0.3, 0.4) is 0 Å². The molecule has 1 radical (unpaired) electrons. The van der Waals surface area contributed by atoms with Crippen molar-refractivity contribution in [3.8, 4) is 0 Å². The van der Waals surface area contributed by atoms with Crippen LogP contribution in [0.5, 0.6) is 0 Å². The molecule has 1 unspecified atom stereocenters. The van der Waals surface area contributed by atoms with Crippen LogP contribution < -0.4 is 5.32 Å². The summed E-state index contributed by atoms with van der Waals surface area (Å²) in [6.45, 7) is 0. The van der Waals surface area contributed by atoms with Crippen molar-refractivity contribution in [2.75, 3.05) is 0 Å². The first-order chi connectivity index (χ1) is 2.47. The van der Waals surface area contributed by atoms with Gasteiger partial charge in [-0.1, -0.05) is 0 Å². The molecule has 1 aliphatic carbocycles. The summed E-state index contributed by atoms with van der Waals surface area (Å²) >= 11 is 0. The first-order valence-corrected chi connectivity index (χ1v) is 2.09. The van der Waals surface area contributed by atoms with Crippen LogP contribution in [-0.4, -0.2) is 6.04 Å². The fraction of sp³-hybridized carbons (Fsp3) is 0.750. The van der Waals surface area contributed by atoms with Gasteiger partial charge in [0.15, 0.2) is 0 Å². The number of nitrogens with one attached hydrogen (secondary N) is 1. The summed E-state index contributed by atoms with van der Waals surface area (Å²) in [7, 11) is 0. The molecule has 0 aromatic carbocycles. The first-order valence-electron chi connectivity index (χ1n) is 2.09. The van der Waals surface area contributed by atoms with E-state index in [0.29, 0.717) is 0 Å². The van der Waals surface area contributed by atoms with E-state index in [0.717, 1.165) is 6.04 Å². The van der Waals surface area contributed by atoms with Crippen LogP contribution in [0.2, 0.25) is 0 Å². The molecule has 2 fully saturated rings. The number of rotatable bonds is 0. The van der Waals surface area contributed by atoms with E-state index in [1.807, 2.05) is 0 Å². The van der Waals surface area contributed by atoms with E-state index < -0.39 is 0 Å². The second-order valence-electron chi connectivity index (χ2n) is 1.76. The molecule has 0 aromatic heterocycles.